The Kier molecular flexibility index (Phi) is 2.91. The summed E-state index contributed by atoms with van der Waals surface area (Å²) in [5.74, 6) is 1.19. The van der Waals surface area contributed by atoms with E-state index >= 15 is 0 Å². The summed E-state index contributed by atoms with van der Waals surface area (Å²) >= 11 is 0. The summed E-state index contributed by atoms with van der Waals surface area (Å²) in [6.45, 7) is 4.60. The van der Waals surface area contributed by atoms with E-state index in [0.717, 1.165) is 11.1 Å². The Morgan fingerprint density at radius 2 is 1.70 bits per heavy atom. The zero-order chi connectivity index (χ0) is 16.2. The maximum atomic E-state index is 13.5. The molecule has 2 aromatic carbocycles. The highest BCUT2D eigenvalue weighted by molar-refractivity contribution is 5.84. The van der Waals surface area contributed by atoms with Crippen molar-refractivity contribution in [1.29, 1.82) is 0 Å². The van der Waals surface area contributed by atoms with Crippen LogP contribution < -0.4 is 18.9 Å². The summed E-state index contributed by atoms with van der Waals surface area (Å²) in [5.41, 5.74) is 2.92. The van der Waals surface area contributed by atoms with Crippen molar-refractivity contribution in [2.45, 2.75) is 20.1 Å². The Hall–Kier alpha value is -2.50. The van der Waals surface area contributed by atoms with Crippen LogP contribution in [0.4, 0.5) is 8.78 Å². The monoisotopic (exact) mass is 320 g/mol. The molecule has 4 nitrogen and oxygen atoms in total. The molecule has 0 unspecified atom stereocenters. The molecule has 0 atom stereocenters. The Morgan fingerprint density at radius 1 is 0.913 bits per heavy atom. The topological polar surface area (TPSA) is 36.9 Å². The molecule has 0 spiro atoms. The molecule has 0 radical (unpaired) electrons. The minimum absolute atomic E-state index is 0.0163. The van der Waals surface area contributed by atoms with Crippen molar-refractivity contribution in [3.8, 4) is 34.1 Å². The smallest absolute Gasteiger partial charge is 0.486 e. The quantitative estimate of drug-likeness (QED) is 0.794. The Balaban J connectivity index is 1.97. The van der Waals surface area contributed by atoms with Crippen LogP contribution in [0.2, 0.25) is 0 Å². The average Bonchev–Trinajstić information content (AvgIpc) is 2.80. The molecule has 0 fully saturated rings. The van der Waals surface area contributed by atoms with Gasteiger partial charge in [-0.3, -0.25) is 0 Å². The van der Waals surface area contributed by atoms with Crippen molar-refractivity contribution in [3.05, 3.63) is 35.4 Å². The first kappa shape index (κ1) is 14.1. The summed E-state index contributed by atoms with van der Waals surface area (Å²) in [4.78, 5) is 0. The van der Waals surface area contributed by atoms with Crippen molar-refractivity contribution < 1.29 is 27.7 Å². The second-order valence-corrected chi connectivity index (χ2v) is 5.59. The highest BCUT2D eigenvalue weighted by Crippen LogP contribution is 2.52. The molecule has 2 aliphatic rings. The fourth-order valence-corrected chi connectivity index (χ4v) is 2.92. The molecule has 0 saturated heterocycles. The maximum Gasteiger partial charge on any atom is 0.586 e. The van der Waals surface area contributed by atoms with E-state index < -0.39 is 6.29 Å². The largest absolute Gasteiger partial charge is 0.586 e. The molecule has 2 heterocycles. The number of rotatable bonds is 1. The first-order valence-corrected chi connectivity index (χ1v) is 7.25. The minimum Gasteiger partial charge on any atom is -0.486 e. The lowest BCUT2D eigenvalue weighted by molar-refractivity contribution is -0.286. The second kappa shape index (κ2) is 4.75. The number of fused-ring (bicyclic) bond motifs is 2. The number of hydrogen-bond donors (Lipinski definition) is 0. The van der Waals surface area contributed by atoms with Crippen LogP contribution in [0.15, 0.2) is 24.3 Å². The summed E-state index contributed by atoms with van der Waals surface area (Å²) in [6.07, 6.45) is -3.66. The molecule has 2 aliphatic heterocycles. The predicted octanol–water partition coefficient (Wildman–Crippen LogP) is 4.06. The van der Waals surface area contributed by atoms with Crippen molar-refractivity contribution in [3.63, 3.8) is 0 Å². The highest BCUT2D eigenvalue weighted by Gasteiger charge is 2.45. The van der Waals surface area contributed by atoms with Gasteiger partial charge in [0.05, 0.1) is 0 Å². The first-order valence-electron chi connectivity index (χ1n) is 7.25. The van der Waals surface area contributed by atoms with E-state index in [4.69, 9.17) is 14.2 Å². The van der Waals surface area contributed by atoms with Crippen LogP contribution in [0.5, 0.6) is 23.0 Å². The average molecular weight is 320 g/mol. The Morgan fingerprint density at radius 3 is 2.52 bits per heavy atom. The number of alkyl halides is 2. The Labute approximate surface area is 131 Å². The second-order valence-electron chi connectivity index (χ2n) is 5.59. The minimum atomic E-state index is -3.66. The maximum absolute atomic E-state index is 13.5. The SMILES string of the molecule is Cc1cc2c(c(-c3c(C)ccc4c3OC(F)(F)O4)c1)OCCO2. The Bertz CT molecular complexity index is 802. The van der Waals surface area contributed by atoms with Gasteiger partial charge in [0.2, 0.25) is 0 Å². The van der Waals surface area contributed by atoms with E-state index in [-0.39, 0.29) is 11.5 Å². The lowest BCUT2D eigenvalue weighted by atomic mass is 9.96. The molecular formula is C17H14F2O4. The lowest BCUT2D eigenvalue weighted by Crippen LogP contribution is -2.26. The molecule has 0 saturated carbocycles. The predicted molar refractivity (Wildman–Crippen MR) is 78.5 cm³/mol. The van der Waals surface area contributed by atoms with Gasteiger partial charge in [-0.25, -0.2) is 0 Å². The van der Waals surface area contributed by atoms with Gasteiger partial charge in [0.25, 0.3) is 0 Å². The van der Waals surface area contributed by atoms with Gasteiger partial charge in [-0.1, -0.05) is 6.07 Å². The van der Waals surface area contributed by atoms with E-state index in [1.807, 2.05) is 26.0 Å². The van der Waals surface area contributed by atoms with E-state index in [9.17, 15) is 8.78 Å². The lowest BCUT2D eigenvalue weighted by Gasteiger charge is -2.23. The van der Waals surface area contributed by atoms with Crippen molar-refractivity contribution in [2.24, 2.45) is 0 Å². The number of benzene rings is 2. The van der Waals surface area contributed by atoms with Crippen molar-refractivity contribution in [2.75, 3.05) is 13.2 Å². The molecule has 120 valence electrons. The van der Waals surface area contributed by atoms with Crippen LogP contribution in [0.3, 0.4) is 0 Å². The van der Waals surface area contributed by atoms with Gasteiger partial charge < -0.3 is 18.9 Å². The fraction of sp³-hybridized carbons (Fsp3) is 0.294. The van der Waals surface area contributed by atoms with Crippen LogP contribution in [0.25, 0.3) is 11.1 Å². The third kappa shape index (κ3) is 2.25. The number of halogens is 2. The number of aryl methyl sites for hydroxylation is 2. The van der Waals surface area contributed by atoms with Gasteiger partial charge in [-0.05, 0) is 43.2 Å². The van der Waals surface area contributed by atoms with Crippen LogP contribution in [0, 0.1) is 13.8 Å². The van der Waals surface area contributed by atoms with Gasteiger partial charge in [-0.2, -0.15) is 0 Å². The molecule has 4 rings (SSSR count). The van der Waals surface area contributed by atoms with Gasteiger partial charge >= 0.3 is 6.29 Å². The summed E-state index contributed by atoms with van der Waals surface area (Å²) < 4.78 is 47.6. The number of hydrogen-bond acceptors (Lipinski definition) is 4. The molecule has 0 amide bonds. The molecular weight excluding hydrogens is 306 g/mol. The van der Waals surface area contributed by atoms with Crippen LogP contribution in [-0.2, 0) is 0 Å². The number of ether oxygens (including phenoxy) is 4. The van der Waals surface area contributed by atoms with Gasteiger partial charge in [0.15, 0.2) is 23.0 Å². The molecule has 0 bridgehead atoms. The molecule has 2 aromatic rings. The van der Waals surface area contributed by atoms with E-state index in [1.54, 1.807) is 6.07 Å². The van der Waals surface area contributed by atoms with Crippen molar-refractivity contribution in [1.82, 2.24) is 0 Å². The molecule has 0 aliphatic carbocycles. The summed E-state index contributed by atoms with van der Waals surface area (Å²) in [5, 5.41) is 0. The summed E-state index contributed by atoms with van der Waals surface area (Å²) in [7, 11) is 0. The van der Waals surface area contributed by atoms with Gasteiger partial charge in [0, 0.05) is 11.1 Å². The third-order valence-electron chi connectivity index (χ3n) is 3.84. The zero-order valence-corrected chi connectivity index (χ0v) is 12.6. The van der Waals surface area contributed by atoms with Gasteiger partial charge in [-0.15, -0.1) is 8.78 Å². The van der Waals surface area contributed by atoms with Crippen LogP contribution in [-0.4, -0.2) is 19.5 Å². The van der Waals surface area contributed by atoms with Crippen LogP contribution >= 0.6 is 0 Å². The van der Waals surface area contributed by atoms with Gasteiger partial charge in [0.1, 0.15) is 13.2 Å². The first-order chi connectivity index (χ1) is 10.9. The van der Waals surface area contributed by atoms with E-state index in [2.05, 4.69) is 4.74 Å². The highest BCUT2D eigenvalue weighted by atomic mass is 19.3. The molecule has 0 N–H and O–H groups in total. The van der Waals surface area contributed by atoms with Crippen LogP contribution in [0.1, 0.15) is 11.1 Å². The van der Waals surface area contributed by atoms with Crippen molar-refractivity contribution >= 4 is 0 Å². The normalized spacial score (nSPS) is 17.2. The third-order valence-corrected chi connectivity index (χ3v) is 3.84. The van der Waals surface area contributed by atoms with E-state index in [1.165, 1.54) is 6.07 Å². The molecule has 6 heteroatoms. The standard InChI is InChI=1S/C17H14F2O4/c1-9-7-11(15-13(8-9)20-5-6-21-15)14-10(2)3-4-12-16(14)23-17(18,19)22-12/h3-4,7-8H,5-6H2,1-2H3. The molecule has 23 heavy (non-hydrogen) atoms. The molecule has 0 aromatic heterocycles. The summed E-state index contributed by atoms with van der Waals surface area (Å²) in [6, 6.07) is 6.93. The zero-order valence-electron chi connectivity index (χ0n) is 12.6. The fourth-order valence-electron chi connectivity index (χ4n) is 2.92. The van der Waals surface area contributed by atoms with E-state index in [0.29, 0.717) is 35.8 Å².